The van der Waals surface area contributed by atoms with Crippen LogP contribution >= 0.6 is 11.6 Å². The van der Waals surface area contributed by atoms with Gasteiger partial charge in [-0.3, -0.25) is 0 Å². The van der Waals surface area contributed by atoms with E-state index in [1.165, 1.54) is 18.2 Å². The predicted octanol–water partition coefficient (Wildman–Crippen LogP) is 1.26. The molecule has 0 saturated heterocycles. The quantitative estimate of drug-likeness (QED) is 0.876. The van der Waals surface area contributed by atoms with E-state index in [9.17, 15) is 8.42 Å². The highest BCUT2D eigenvalue weighted by Gasteiger charge is 2.29. The minimum Gasteiger partial charge on any atom is -0.393 e. The SMILES string of the molecule is N#Cc1ccc(Cl)c(S(=O)(=O)NCC2CC(O)C2)c1. The van der Waals surface area contributed by atoms with Gasteiger partial charge in [0.25, 0.3) is 0 Å². The smallest absolute Gasteiger partial charge is 0.242 e. The molecule has 1 aromatic rings. The van der Waals surface area contributed by atoms with Gasteiger partial charge in [0, 0.05) is 6.54 Å². The van der Waals surface area contributed by atoms with Gasteiger partial charge < -0.3 is 5.11 Å². The van der Waals surface area contributed by atoms with Crippen molar-refractivity contribution in [3.05, 3.63) is 28.8 Å². The minimum absolute atomic E-state index is 0.0835. The molecule has 102 valence electrons. The van der Waals surface area contributed by atoms with Crippen LogP contribution < -0.4 is 4.72 Å². The van der Waals surface area contributed by atoms with E-state index in [-0.39, 0.29) is 34.0 Å². The summed E-state index contributed by atoms with van der Waals surface area (Å²) in [5.74, 6) is 0.155. The van der Waals surface area contributed by atoms with Crippen molar-refractivity contribution in [2.45, 2.75) is 23.8 Å². The fraction of sp³-hybridized carbons (Fsp3) is 0.417. The molecule has 0 bridgehead atoms. The first kappa shape index (κ1) is 14.3. The molecule has 1 aliphatic rings. The fourth-order valence-electron chi connectivity index (χ4n) is 1.95. The molecule has 0 spiro atoms. The van der Waals surface area contributed by atoms with Crippen LogP contribution in [0.3, 0.4) is 0 Å². The van der Waals surface area contributed by atoms with Crippen molar-refractivity contribution in [1.82, 2.24) is 4.72 Å². The van der Waals surface area contributed by atoms with Crippen LogP contribution in [0.15, 0.2) is 23.1 Å². The Kier molecular flexibility index (Phi) is 4.11. The summed E-state index contributed by atoms with van der Waals surface area (Å²) >= 11 is 5.86. The van der Waals surface area contributed by atoms with Crippen LogP contribution in [-0.2, 0) is 10.0 Å². The first-order chi connectivity index (χ1) is 8.92. The van der Waals surface area contributed by atoms with Crippen molar-refractivity contribution < 1.29 is 13.5 Å². The Morgan fingerprint density at radius 2 is 2.16 bits per heavy atom. The largest absolute Gasteiger partial charge is 0.393 e. The maximum atomic E-state index is 12.1. The normalized spacial score (nSPS) is 22.6. The van der Waals surface area contributed by atoms with Gasteiger partial charge in [-0.1, -0.05) is 11.6 Å². The monoisotopic (exact) mass is 300 g/mol. The highest BCUT2D eigenvalue weighted by molar-refractivity contribution is 7.89. The van der Waals surface area contributed by atoms with Gasteiger partial charge in [-0.15, -0.1) is 0 Å². The average Bonchev–Trinajstić information content (AvgIpc) is 2.33. The lowest BCUT2D eigenvalue weighted by atomic mass is 9.83. The van der Waals surface area contributed by atoms with E-state index in [1.54, 1.807) is 0 Å². The van der Waals surface area contributed by atoms with Crippen molar-refractivity contribution in [3.8, 4) is 6.07 Å². The van der Waals surface area contributed by atoms with E-state index in [0.717, 1.165) is 0 Å². The van der Waals surface area contributed by atoms with E-state index in [1.807, 2.05) is 6.07 Å². The first-order valence-corrected chi connectivity index (χ1v) is 7.66. The zero-order valence-corrected chi connectivity index (χ0v) is 11.6. The number of nitrogens with one attached hydrogen (secondary N) is 1. The molecule has 5 nitrogen and oxygen atoms in total. The molecular formula is C12H13ClN2O3S. The van der Waals surface area contributed by atoms with Gasteiger partial charge in [-0.25, -0.2) is 13.1 Å². The van der Waals surface area contributed by atoms with Gasteiger partial charge >= 0.3 is 0 Å². The number of aliphatic hydroxyl groups is 1. The van der Waals surface area contributed by atoms with Crippen molar-refractivity contribution in [2.24, 2.45) is 5.92 Å². The molecule has 0 aromatic heterocycles. The number of hydrogen-bond donors (Lipinski definition) is 2. The van der Waals surface area contributed by atoms with Crippen molar-refractivity contribution in [1.29, 1.82) is 5.26 Å². The summed E-state index contributed by atoms with van der Waals surface area (Å²) < 4.78 is 26.6. The molecule has 0 aliphatic heterocycles. The second kappa shape index (κ2) is 5.47. The van der Waals surface area contributed by atoms with E-state index >= 15 is 0 Å². The Balaban J connectivity index is 2.13. The summed E-state index contributed by atoms with van der Waals surface area (Å²) in [5, 5.41) is 18.0. The molecule has 1 aliphatic carbocycles. The van der Waals surface area contributed by atoms with Gasteiger partial charge in [0.15, 0.2) is 0 Å². The number of aliphatic hydroxyl groups excluding tert-OH is 1. The highest BCUT2D eigenvalue weighted by atomic mass is 35.5. The van der Waals surface area contributed by atoms with E-state index in [2.05, 4.69) is 4.72 Å². The fourth-order valence-corrected chi connectivity index (χ4v) is 3.59. The molecule has 1 saturated carbocycles. The van der Waals surface area contributed by atoms with Gasteiger partial charge in [0.05, 0.1) is 22.8 Å². The summed E-state index contributed by atoms with van der Waals surface area (Å²) in [7, 11) is -3.73. The number of hydrogen-bond acceptors (Lipinski definition) is 4. The van der Waals surface area contributed by atoms with Crippen LogP contribution in [0.25, 0.3) is 0 Å². The molecule has 1 aromatic carbocycles. The second-order valence-electron chi connectivity index (χ2n) is 4.60. The number of nitriles is 1. The van der Waals surface area contributed by atoms with E-state index in [4.69, 9.17) is 22.0 Å². The minimum atomic E-state index is -3.73. The molecule has 1 fully saturated rings. The van der Waals surface area contributed by atoms with Crippen molar-refractivity contribution in [3.63, 3.8) is 0 Å². The van der Waals surface area contributed by atoms with Crippen LogP contribution in [0.4, 0.5) is 0 Å². The van der Waals surface area contributed by atoms with Gasteiger partial charge in [-0.05, 0) is 37.0 Å². The molecule has 0 radical (unpaired) electrons. The van der Waals surface area contributed by atoms with Gasteiger partial charge in [0.2, 0.25) is 10.0 Å². The van der Waals surface area contributed by atoms with Crippen molar-refractivity contribution >= 4 is 21.6 Å². The summed E-state index contributed by atoms with van der Waals surface area (Å²) in [6, 6.07) is 5.98. The number of nitrogens with zero attached hydrogens (tertiary/aromatic N) is 1. The third kappa shape index (κ3) is 3.25. The summed E-state index contributed by atoms with van der Waals surface area (Å²) in [5.41, 5.74) is 0.240. The molecule has 0 heterocycles. The van der Waals surface area contributed by atoms with Crippen LogP contribution in [0.2, 0.25) is 5.02 Å². The molecule has 7 heteroatoms. The maximum absolute atomic E-state index is 12.1. The molecule has 2 rings (SSSR count). The Hall–Kier alpha value is -1.13. The Labute approximate surface area is 116 Å². The lowest BCUT2D eigenvalue weighted by molar-refractivity contribution is 0.0453. The summed E-state index contributed by atoms with van der Waals surface area (Å²) in [4.78, 5) is -0.0897. The van der Waals surface area contributed by atoms with Gasteiger partial charge in [-0.2, -0.15) is 5.26 Å². The first-order valence-electron chi connectivity index (χ1n) is 5.80. The van der Waals surface area contributed by atoms with Crippen LogP contribution in [0.5, 0.6) is 0 Å². The third-order valence-corrected chi connectivity index (χ3v) is 5.03. The maximum Gasteiger partial charge on any atom is 0.242 e. The second-order valence-corrected chi connectivity index (χ2v) is 6.74. The van der Waals surface area contributed by atoms with E-state index in [0.29, 0.717) is 12.8 Å². The molecule has 0 atom stereocenters. The van der Waals surface area contributed by atoms with Crippen molar-refractivity contribution in [2.75, 3.05) is 6.54 Å². The standard InChI is InChI=1S/C12H13ClN2O3S/c13-11-2-1-8(6-14)5-12(11)19(17,18)15-7-9-3-10(16)4-9/h1-2,5,9-10,15-16H,3-4,7H2. The number of sulfonamides is 1. The zero-order chi connectivity index (χ0) is 14.0. The molecule has 0 unspecified atom stereocenters. The number of halogens is 1. The summed E-state index contributed by atoms with van der Waals surface area (Å²) in [6.07, 6.45) is 0.892. The Bertz CT molecular complexity index is 618. The topological polar surface area (TPSA) is 90.2 Å². The van der Waals surface area contributed by atoms with Crippen LogP contribution in [-0.4, -0.2) is 26.2 Å². The Morgan fingerprint density at radius 1 is 1.47 bits per heavy atom. The highest BCUT2D eigenvalue weighted by Crippen LogP contribution is 2.27. The third-order valence-electron chi connectivity index (χ3n) is 3.12. The number of rotatable bonds is 4. The lowest BCUT2D eigenvalue weighted by Crippen LogP contribution is -2.38. The van der Waals surface area contributed by atoms with Crippen LogP contribution in [0, 0.1) is 17.2 Å². The average molecular weight is 301 g/mol. The van der Waals surface area contributed by atoms with E-state index < -0.39 is 10.0 Å². The summed E-state index contributed by atoms with van der Waals surface area (Å²) in [6.45, 7) is 0.270. The predicted molar refractivity (Wildman–Crippen MR) is 70.1 cm³/mol. The Morgan fingerprint density at radius 3 is 2.74 bits per heavy atom. The number of benzene rings is 1. The lowest BCUT2D eigenvalue weighted by Gasteiger charge is -2.31. The molecule has 0 amide bonds. The molecule has 19 heavy (non-hydrogen) atoms. The molecule has 2 N–H and O–H groups in total. The molecular weight excluding hydrogens is 288 g/mol. The van der Waals surface area contributed by atoms with Crippen LogP contribution in [0.1, 0.15) is 18.4 Å². The van der Waals surface area contributed by atoms with Gasteiger partial charge in [0.1, 0.15) is 4.90 Å². The zero-order valence-electron chi connectivity index (χ0n) is 10.0.